The summed E-state index contributed by atoms with van der Waals surface area (Å²) in [6.07, 6.45) is 1.35. The number of carbonyl (C=O) groups is 1. The summed E-state index contributed by atoms with van der Waals surface area (Å²) in [4.78, 5) is 20.8. The molecule has 0 unspecified atom stereocenters. The number of nitrogens with zero attached hydrogens (tertiary/aromatic N) is 1. The molecule has 6 nitrogen and oxygen atoms in total. The lowest BCUT2D eigenvalue weighted by Gasteiger charge is -2.05. The lowest BCUT2D eigenvalue weighted by molar-refractivity contribution is -0.385. The first-order valence-corrected chi connectivity index (χ1v) is 5.19. The first-order chi connectivity index (χ1) is 8.41. The number of hydrogen-bond donors (Lipinski definition) is 1. The number of carboxylic acid groups (broad SMARTS) is 1. The second kappa shape index (κ2) is 5.81. The monoisotopic (exact) mass is 251 g/mol. The van der Waals surface area contributed by atoms with Crippen molar-refractivity contribution in [3.8, 4) is 5.75 Å². The van der Waals surface area contributed by atoms with E-state index in [1.165, 1.54) is 25.1 Å². The third kappa shape index (κ3) is 3.58. The molecule has 6 heteroatoms. The molecule has 0 radical (unpaired) electrons. The highest BCUT2D eigenvalue weighted by Crippen LogP contribution is 2.27. The summed E-state index contributed by atoms with van der Waals surface area (Å²) in [5.41, 5.74) is 0.757. The molecule has 1 aromatic rings. The van der Waals surface area contributed by atoms with Crippen LogP contribution in [-0.2, 0) is 4.79 Å². The summed E-state index contributed by atoms with van der Waals surface area (Å²) in [6, 6.07) is 4.59. The minimum Gasteiger partial charge on any atom is -0.483 e. The van der Waals surface area contributed by atoms with Gasteiger partial charge < -0.3 is 9.84 Å². The molecule has 0 atom stereocenters. The van der Waals surface area contributed by atoms with E-state index in [0.717, 1.165) is 5.56 Å². The molecule has 96 valence electrons. The van der Waals surface area contributed by atoms with Gasteiger partial charge in [0.2, 0.25) is 0 Å². The maximum absolute atomic E-state index is 10.8. The zero-order valence-corrected chi connectivity index (χ0v) is 10.0. The Kier molecular flexibility index (Phi) is 4.42. The second-order valence-electron chi connectivity index (χ2n) is 3.73. The SMILES string of the molecule is CC(=CCOc1ccc(C)cc1[N+](=O)[O-])C(=O)O. The van der Waals surface area contributed by atoms with E-state index in [1.807, 2.05) is 0 Å². The molecule has 0 amide bonds. The fourth-order valence-electron chi connectivity index (χ4n) is 1.24. The lowest BCUT2D eigenvalue weighted by Crippen LogP contribution is -2.02. The van der Waals surface area contributed by atoms with E-state index in [0.29, 0.717) is 0 Å². The molecule has 1 rings (SSSR count). The number of nitro benzene ring substituents is 1. The van der Waals surface area contributed by atoms with Gasteiger partial charge in [0.25, 0.3) is 0 Å². The molecule has 0 aliphatic rings. The van der Waals surface area contributed by atoms with Crippen LogP contribution in [0.4, 0.5) is 5.69 Å². The van der Waals surface area contributed by atoms with Crippen molar-refractivity contribution < 1.29 is 19.6 Å². The van der Waals surface area contributed by atoms with Gasteiger partial charge in [-0.25, -0.2) is 4.79 Å². The Morgan fingerprint density at radius 2 is 2.22 bits per heavy atom. The first-order valence-electron chi connectivity index (χ1n) is 5.19. The average molecular weight is 251 g/mol. The maximum atomic E-state index is 10.8. The number of ether oxygens (including phenoxy) is 1. The van der Waals surface area contributed by atoms with Crippen molar-refractivity contribution in [2.45, 2.75) is 13.8 Å². The molecule has 18 heavy (non-hydrogen) atoms. The van der Waals surface area contributed by atoms with Crippen LogP contribution in [0.5, 0.6) is 5.75 Å². The Labute approximate surface area is 104 Å². The van der Waals surface area contributed by atoms with Gasteiger partial charge in [0.1, 0.15) is 6.61 Å². The fraction of sp³-hybridized carbons (Fsp3) is 0.250. The molecule has 0 saturated carbocycles. The van der Waals surface area contributed by atoms with Crippen molar-refractivity contribution >= 4 is 11.7 Å². The number of nitro groups is 1. The van der Waals surface area contributed by atoms with E-state index in [9.17, 15) is 14.9 Å². The average Bonchev–Trinajstić information content (AvgIpc) is 2.30. The van der Waals surface area contributed by atoms with Crippen molar-refractivity contribution in [3.05, 3.63) is 45.5 Å². The van der Waals surface area contributed by atoms with Crippen LogP contribution in [0.15, 0.2) is 29.8 Å². The molecule has 0 aliphatic heterocycles. The molecular formula is C12H13NO5. The number of benzene rings is 1. The van der Waals surface area contributed by atoms with Crippen LogP contribution in [0.1, 0.15) is 12.5 Å². The van der Waals surface area contributed by atoms with Crippen LogP contribution in [-0.4, -0.2) is 22.6 Å². The van der Waals surface area contributed by atoms with E-state index in [2.05, 4.69) is 0 Å². The van der Waals surface area contributed by atoms with Gasteiger partial charge in [-0.2, -0.15) is 0 Å². The number of rotatable bonds is 5. The van der Waals surface area contributed by atoms with Crippen LogP contribution < -0.4 is 4.74 Å². The third-order valence-corrected chi connectivity index (χ3v) is 2.28. The molecule has 0 bridgehead atoms. The molecule has 0 aromatic heterocycles. The normalized spacial score (nSPS) is 11.1. The summed E-state index contributed by atoms with van der Waals surface area (Å²) < 4.78 is 5.19. The highest BCUT2D eigenvalue weighted by Gasteiger charge is 2.14. The van der Waals surface area contributed by atoms with E-state index < -0.39 is 10.9 Å². The number of aliphatic carboxylic acids is 1. The zero-order valence-electron chi connectivity index (χ0n) is 10.0. The van der Waals surface area contributed by atoms with Gasteiger partial charge in [-0.15, -0.1) is 0 Å². The lowest BCUT2D eigenvalue weighted by atomic mass is 10.2. The Morgan fingerprint density at radius 1 is 1.56 bits per heavy atom. The Morgan fingerprint density at radius 3 is 2.78 bits per heavy atom. The highest BCUT2D eigenvalue weighted by molar-refractivity contribution is 5.85. The van der Waals surface area contributed by atoms with Crippen LogP contribution in [0.2, 0.25) is 0 Å². The van der Waals surface area contributed by atoms with E-state index in [-0.39, 0.29) is 23.6 Å². The van der Waals surface area contributed by atoms with Gasteiger partial charge in [-0.05, 0) is 31.6 Å². The van der Waals surface area contributed by atoms with Gasteiger partial charge in [0.15, 0.2) is 5.75 Å². The molecule has 0 heterocycles. The van der Waals surface area contributed by atoms with Crippen LogP contribution in [0, 0.1) is 17.0 Å². The molecule has 0 aliphatic carbocycles. The minimum atomic E-state index is -1.04. The predicted octanol–water partition coefficient (Wildman–Crippen LogP) is 2.31. The Balaban J connectivity index is 2.82. The van der Waals surface area contributed by atoms with Gasteiger partial charge in [-0.1, -0.05) is 6.07 Å². The summed E-state index contributed by atoms with van der Waals surface area (Å²) in [7, 11) is 0. The summed E-state index contributed by atoms with van der Waals surface area (Å²) in [5.74, 6) is -0.919. The number of carboxylic acids is 1. The quantitative estimate of drug-likeness (QED) is 0.492. The topological polar surface area (TPSA) is 89.7 Å². The van der Waals surface area contributed by atoms with Crippen molar-refractivity contribution in [1.82, 2.24) is 0 Å². The first kappa shape index (κ1) is 13.7. The molecular weight excluding hydrogens is 238 g/mol. The second-order valence-corrected chi connectivity index (χ2v) is 3.73. The third-order valence-electron chi connectivity index (χ3n) is 2.28. The van der Waals surface area contributed by atoms with Crippen LogP contribution in [0.25, 0.3) is 0 Å². The van der Waals surface area contributed by atoms with E-state index in [4.69, 9.17) is 9.84 Å². The number of hydrogen-bond acceptors (Lipinski definition) is 4. The maximum Gasteiger partial charge on any atom is 0.331 e. The van der Waals surface area contributed by atoms with Gasteiger partial charge in [0, 0.05) is 11.6 Å². The molecule has 1 aromatic carbocycles. The van der Waals surface area contributed by atoms with Gasteiger partial charge in [0.05, 0.1) is 4.92 Å². The summed E-state index contributed by atoms with van der Waals surface area (Å²) in [6.45, 7) is 3.14. The predicted molar refractivity (Wildman–Crippen MR) is 64.7 cm³/mol. The van der Waals surface area contributed by atoms with Crippen molar-refractivity contribution in [3.63, 3.8) is 0 Å². The molecule has 0 spiro atoms. The Hall–Kier alpha value is -2.37. The molecule has 1 N–H and O–H groups in total. The van der Waals surface area contributed by atoms with Crippen molar-refractivity contribution in [1.29, 1.82) is 0 Å². The zero-order chi connectivity index (χ0) is 13.7. The van der Waals surface area contributed by atoms with E-state index >= 15 is 0 Å². The Bertz CT molecular complexity index is 507. The van der Waals surface area contributed by atoms with Crippen LogP contribution in [0.3, 0.4) is 0 Å². The smallest absolute Gasteiger partial charge is 0.331 e. The fourth-order valence-corrected chi connectivity index (χ4v) is 1.24. The summed E-state index contributed by atoms with van der Waals surface area (Å²) in [5, 5.41) is 19.4. The largest absolute Gasteiger partial charge is 0.483 e. The highest BCUT2D eigenvalue weighted by atomic mass is 16.6. The standard InChI is InChI=1S/C12H13NO5/c1-8-3-4-11(10(7-8)13(16)17)18-6-5-9(2)12(14)15/h3-5,7H,6H2,1-2H3,(H,14,15). The number of aryl methyl sites for hydroxylation is 1. The van der Waals surface area contributed by atoms with Gasteiger partial charge >= 0.3 is 11.7 Å². The van der Waals surface area contributed by atoms with Crippen molar-refractivity contribution in [2.24, 2.45) is 0 Å². The van der Waals surface area contributed by atoms with Crippen molar-refractivity contribution in [2.75, 3.05) is 6.61 Å². The minimum absolute atomic E-state index is 0.0258. The summed E-state index contributed by atoms with van der Waals surface area (Å²) >= 11 is 0. The molecule has 0 saturated heterocycles. The van der Waals surface area contributed by atoms with E-state index in [1.54, 1.807) is 13.0 Å². The van der Waals surface area contributed by atoms with Crippen LogP contribution >= 0.6 is 0 Å². The van der Waals surface area contributed by atoms with Gasteiger partial charge in [-0.3, -0.25) is 10.1 Å². The molecule has 0 fully saturated rings.